The Bertz CT molecular complexity index is 438. The molecule has 1 aromatic rings. The van der Waals surface area contributed by atoms with Gasteiger partial charge in [0, 0.05) is 11.8 Å². The Balaban J connectivity index is 1.72. The second-order valence-corrected chi connectivity index (χ2v) is 4.96. The molecule has 2 aliphatic heterocycles. The van der Waals surface area contributed by atoms with Gasteiger partial charge < -0.3 is 14.8 Å². The highest BCUT2D eigenvalue weighted by molar-refractivity contribution is 5.33. The average molecular weight is 249 g/mol. The Labute approximate surface area is 107 Å². The molecule has 0 aromatic carbocycles. The molecule has 0 radical (unpaired) electrons. The van der Waals surface area contributed by atoms with Crippen molar-refractivity contribution in [3.05, 3.63) is 11.8 Å². The van der Waals surface area contributed by atoms with Gasteiger partial charge in [0.05, 0.1) is 24.9 Å². The summed E-state index contributed by atoms with van der Waals surface area (Å²) in [7, 11) is 0. The molecule has 3 heterocycles. The number of rotatable bonds is 4. The molecule has 5 heteroatoms. The van der Waals surface area contributed by atoms with E-state index in [9.17, 15) is 0 Å². The Kier molecular flexibility index (Phi) is 3.07. The number of aryl methyl sites for hydroxylation is 1. The largest absolute Gasteiger partial charge is 0.478 e. The Morgan fingerprint density at radius 3 is 3.00 bits per heavy atom. The predicted octanol–water partition coefficient (Wildman–Crippen LogP) is 1.92. The minimum absolute atomic E-state index is 0.328. The molecule has 3 unspecified atom stereocenters. The van der Waals surface area contributed by atoms with Crippen molar-refractivity contribution < 1.29 is 9.47 Å². The van der Waals surface area contributed by atoms with Crippen LogP contribution in [0.15, 0.2) is 6.07 Å². The van der Waals surface area contributed by atoms with Crippen molar-refractivity contribution in [3.8, 4) is 5.88 Å². The molecule has 0 aliphatic carbocycles. The van der Waals surface area contributed by atoms with E-state index in [4.69, 9.17) is 9.47 Å². The summed E-state index contributed by atoms with van der Waals surface area (Å²) in [5.74, 6) is 1.29. The van der Waals surface area contributed by atoms with Gasteiger partial charge in [0.2, 0.25) is 11.8 Å². The maximum Gasteiger partial charge on any atom is 0.226 e. The maximum atomic E-state index is 5.82. The van der Waals surface area contributed by atoms with Gasteiger partial charge in [-0.2, -0.15) is 4.98 Å². The molecule has 2 saturated heterocycles. The van der Waals surface area contributed by atoms with Crippen LogP contribution in [0.3, 0.4) is 0 Å². The lowest BCUT2D eigenvalue weighted by Crippen LogP contribution is -2.31. The smallest absolute Gasteiger partial charge is 0.226 e. The van der Waals surface area contributed by atoms with E-state index in [0.717, 1.165) is 18.5 Å². The monoisotopic (exact) mass is 249 g/mol. The highest BCUT2D eigenvalue weighted by atomic mass is 16.5. The molecule has 98 valence electrons. The fourth-order valence-corrected chi connectivity index (χ4v) is 2.78. The summed E-state index contributed by atoms with van der Waals surface area (Å²) in [6.07, 6.45) is 4.17. The summed E-state index contributed by atoms with van der Waals surface area (Å²) < 4.78 is 11.2. The zero-order chi connectivity index (χ0) is 12.5. The van der Waals surface area contributed by atoms with Crippen molar-refractivity contribution in [1.82, 2.24) is 9.97 Å². The van der Waals surface area contributed by atoms with Crippen molar-refractivity contribution in [2.45, 2.75) is 51.4 Å². The molecule has 5 nitrogen and oxygen atoms in total. The predicted molar refractivity (Wildman–Crippen MR) is 67.9 cm³/mol. The zero-order valence-electron chi connectivity index (χ0n) is 10.8. The molecule has 0 spiro atoms. The summed E-state index contributed by atoms with van der Waals surface area (Å²) in [6, 6.07) is 2.20. The Morgan fingerprint density at radius 1 is 1.44 bits per heavy atom. The van der Waals surface area contributed by atoms with E-state index in [1.807, 2.05) is 19.9 Å². The number of nitrogens with one attached hydrogen (secondary N) is 1. The third-order valence-electron chi connectivity index (χ3n) is 3.54. The molecule has 2 fully saturated rings. The molecule has 3 atom stereocenters. The first-order valence-electron chi connectivity index (χ1n) is 6.65. The lowest BCUT2D eigenvalue weighted by Gasteiger charge is -2.20. The van der Waals surface area contributed by atoms with Crippen LogP contribution in [0.1, 0.15) is 31.9 Å². The molecule has 2 bridgehead atoms. The number of hydrogen-bond donors (Lipinski definition) is 1. The van der Waals surface area contributed by atoms with Crippen LogP contribution in [0.25, 0.3) is 0 Å². The maximum absolute atomic E-state index is 5.82. The topological polar surface area (TPSA) is 56.3 Å². The fourth-order valence-electron chi connectivity index (χ4n) is 2.78. The minimum Gasteiger partial charge on any atom is -0.478 e. The zero-order valence-corrected chi connectivity index (χ0v) is 10.8. The van der Waals surface area contributed by atoms with Gasteiger partial charge >= 0.3 is 0 Å². The fraction of sp³-hybridized carbons (Fsp3) is 0.692. The van der Waals surface area contributed by atoms with Gasteiger partial charge in [-0.25, -0.2) is 4.98 Å². The first-order chi connectivity index (χ1) is 8.74. The van der Waals surface area contributed by atoms with E-state index in [-0.39, 0.29) is 0 Å². The van der Waals surface area contributed by atoms with Crippen molar-refractivity contribution >= 4 is 5.95 Å². The molecule has 0 saturated carbocycles. The van der Waals surface area contributed by atoms with E-state index in [1.54, 1.807) is 0 Å². The quantitative estimate of drug-likeness (QED) is 0.883. The molecular formula is C13H19N3O2. The van der Waals surface area contributed by atoms with Gasteiger partial charge in [0.15, 0.2) is 0 Å². The van der Waals surface area contributed by atoms with Crippen LogP contribution in [0.2, 0.25) is 0 Å². The van der Waals surface area contributed by atoms with Crippen molar-refractivity contribution in [3.63, 3.8) is 0 Å². The van der Waals surface area contributed by atoms with Gasteiger partial charge in [-0.05, 0) is 33.1 Å². The first-order valence-corrected chi connectivity index (χ1v) is 6.65. The second-order valence-electron chi connectivity index (χ2n) is 4.96. The summed E-state index contributed by atoms with van der Waals surface area (Å²) in [5, 5.41) is 3.38. The summed E-state index contributed by atoms with van der Waals surface area (Å²) in [6.45, 7) is 4.52. The standard InChI is InChI=1S/C13H19N3O2/c1-3-17-12-6-8(2)14-13(16-12)15-10-7-9-4-5-11(10)18-9/h6,9-11H,3-5,7H2,1-2H3,(H,14,15,16). The van der Waals surface area contributed by atoms with Gasteiger partial charge in [-0.1, -0.05) is 0 Å². The Morgan fingerprint density at radius 2 is 2.33 bits per heavy atom. The number of aromatic nitrogens is 2. The van der Waals surface area contributed by atoms with Crippen LogP contribution >= 0.6 is 0 Å². The van der Waals surface area contributed by atoms with E-state index in [2.05, 4.69) is 15.3 Å². The lowest BCUT2D eigenvalue weighted by atomic mass is 9.96. The van der Waals surface area contributed by atoms with Crippen molar-refractivity contribution in [2.24, 2.45) is 0 Å². The molecular weight excluding hydrogens is 230 g/mol. The minimum atomic E-state index is 0.328. The van der Waals surface area contributed by atoms with E-state index < -0.39 is 0 Å². The summed E-state index contributed by atoms with van der Waals surface area (Å²) in [4.78, 5) is 8.78. The first kappa shape index (κ1) is 11.7. The third-order valence-corrected chi connectivity index (χ3v) is 3.54. The average Bonchev–Trinajstić information content (AvgIpc) is 2.90. The highest BCUT2D eigenvalue weighted by Gasteiger charge is 2.41. The van der Waals surface area contributed by atoms with Crippen molar-refractivity contribution in [1.29, 1.82) is 0 Å². The van der Waals surface area contributed by atoms with Crippen LogP contribution in [0, 0.1) is 6.92 Å². The van der Waals surface area contributed by atoms with E-state index in [0.29, 0.717) is 36.7 Å². The summed E-state index contributed by atoms with van der Waals surface area (Å²) >= 11 is 0. The molecule has 3 rings (SSSR count). The van der Waals surface area contributed by atoms with Gasteiger partial charge in [0.1, 0.15) is 0 Å². The van der Waals surface area contributed by atoms with E-state index in [1.165, 1.54) is 6.42 Å². The molecule has 0 amide bonds. The van der Waals surface area contributed by atoms with Crippen LogP contribution in [-0.4, -0.2) is 34.8 Å². The van der Waals surface area contributed by atoms with Gasteiger partial charge in [0.25, 0.3) is 0 Å². The number of hydrogen-bond acceptors (Lipinski definition) is 5. The lowest BCUT2D eigenvalue weighted by molar-refractivity contribution is 0.102. The number of ether oxygens (including phenoxy) is 2. The molecule has 2 aliphatic rings. The third kappa shape index (κ3) is 2.27. The van der Waals surface area contributed by atoms with Gasteiger partial charge in [-0.15, -0.1) is 0 Å². The number of anilines is 1. The number of fused-ring (bicyclic) bond motifs is 2. The molecule has 1 N–H and O–H groups in total. The van der Waals surface area contributed by atoms with Crippen LogP contribution in [-0.2, 0) is 4.74 Å². The summed E-state index contributed by atoms with van der Waals surface area (Å²) in [5.41, 5.74) is 0.917. The highest BCUT2D eigenvalue weighted by Crippen LogP contribution is 2.35. The second kappa shape index (κ2) is 4.72. The Hall–Kier alpha value is -1.36. The van der Waals surface area contributed by atoms with Crippen LogP contribution in [0.4, 0.5) is 5.95 Å². The van der Waals surface area contributed by atoms with Gasteiger partial charge in [-0.3, -0.25) is 0 Å². The van der Waals surface area contributed by atoms with E-state index >= 15 is 0 Å². The SMILES string of the molecule is CCOc1cc(C)nc(NC2CC3CCC2O3)n1. The molecule has 18 heavy (non-hydrogen) atoms. The molecule has 1 aromatic heterocycles. The van der Waals surface area contributed by atoms with Crippen LogP contribution < -0.4 is 10.1 Å². The number of nitrogens with zero attached hydrogens (tertiary/aromatic N) is 2. The van der Waals surface area contributed by atoms with Crippen LogP contribution in [0.5, 0.6) is 5.88 Å². The van der Waals surface area contributed by atoms with Crippen molar-refractivity contribution in [2.75, 3.05) is 11.9 Å². The normalized spacial score (nSPS) is 29.6.